The Hall–Kier alpha value is -3.71. The number of ether oxygens (including phenoxy) is 1. The molecule has 1 aliphatic carbocycles. The number of piperazine rings is 1. The third-order valence-electron chi connectivity index (χ3n) is 7.51. The van der Waals surface area contributed by atoms with Gasteiger partial charge in [0.25, 0.3) is 5.91 Å². The van der Waals surface area contributed by atoms with Crippen LogP contribution in [-0.2, 0) is 6.42 Å². The molecule has 3 aliphatic rings. The van der Waals surface area contributed by atoms with E-state index in [2.05, 4.69) is 5.32 Å². The molecular weight excluding hydrogens is 445 g/mol. The molecule has 6 rings (SSSR count). The number of benzene rings is 3. The molecule has 0 radical (unpaired) electrons. The summed E-state index contributed by atoms with van der Waals surface area (Å²) in [4.78, 5) is 27.6. The first-order valence-electron chi connectivity index (χ1n) is 11.9. The molecule has 7 heteroatoms. The Kier molecular flexibility index (Phi) is 5.11. The SMILES string of the molecule is COc1ccc(-c2cc(C(N)=O)c3c(c2)-c2ccc(C(=O)N4C[C@H]5CC[C@@H](C4)N5)cc2C3)cc1F. The second-order valence-electron chi connectivity index (χ2n) is 9.66. The van der Waals surface area contributed by atoms with Crippen LogP contribution in [0.15, 0.2) is 48.5 Å². The molecule has 2 aliphatic heterocycles. The van der Waals surface area contributed by atoms with E-state index in [0.29, 0.717) is 40.8 Å². The van der Waals surface area contributed by atoms with Gasteiger partial charge in [0.2, 0.25) is 5.91 Å². The van der Waals surface area contributed by atoms with Crippen molar-refractivity contribution in [2.45, 2.75) is 31.3 Å². The summed E-state index contributed by atoms with van der Waals surface area (Å²) in [6, 6.07) is 14.9. The van der Waals surface area contributed by atoms with Gasteiger partial charge >= 0.3 is 0 Å². The van der Waals surface area contributed by atoms with Gasteiger partial charge in [-0.1, -0.05) is 12.1 Å². The molecule has 3 aromatic rings. The third-order valence-corrected chi connectivity index (χ3v) is 7.51. The van der Waals surface area contributed by atoms with Crippen molar-refractivity contribution in [1.82, 2.24) is 10.2 Å². The molecule has 3 aromatic carbocycles. The van der Waals surface area contributed by atoms with Crippen LogP contribution >= 0.6 is 0 Å². The number of nitrogens with zero attached hydrogens (tertiary/aromatic N) is 1. The van der Waals surface area contributed by atoms with Gasteiger partial charge < -0.3 is 20.7 Å². The predicted octanol–water partition coefficient (Wildman–Crippen LogP) is 3.75. The minimum absolute atomic E-state index is 0.0478. The van der Waals surface area contributed by atoms with Crippen LogP contribution in [0.5, 0.6) is 5.75 Å². The minimum Gasteiger partial charge on any atom is -0.494 e. The van der Waals surface area contributed by atoms with Crippen LogP contribution in [0.3, 0.4) is 0 Å². The number of hydrogen-bond donors (Lipinski definition) is 2. The second-order valence-corrected chi connectivity index (χ2v) is 9.66. The number of nitrogens with two attached hydrogens (primary N) is 1. The van der Waals surface area contributed by atoms with Gasteiger partial charge in [0, 0.05) is 36.3 Å². The average molecular weight is 472 g/mol. The zero-order valence-electron chi connectivity index (χ0n) is 19.4. The highest BCUT2D eigenvalue weighted by molar-refractivity contribution is 6.01. The number of halogens is 1. The molecular formula is C28H26FN3O3. The van der Waals surface area contributed by atoms with E-state index in [1.54, 1.807) is 18.2 Å². The van der Waals surface area contributed by atoms with Crippen LogP contribution < -0.4 is 15.8 Å². The first kappa shape index (κ1) is 21.8. The zero-order chi connectivity index (χ0) is 24.3. The first-order chi connectivity index (χ1) is 16.9. The topological polar surface area (TPSA) is 84.7 Å². The van der Waals surface area contributed by atoms with E-state index in [-0.39, 0.29) is 11.7 Å². The molecule has 0 aromatic heterocycles. The van der Waals surface area contributed by atoms with Crippen molar-refractivity contribution in [3.63, 3.8) is 0 Å². The molecule has 2 saturated heterocycles. The molecule has 6 nitrogen and oxygen atoms in total. The highest BCUT2D eigenvalue weighted by atomic mass is 19.1. The summed E-state index contributed by atoms with van der Waals surface area (Å²) >= 11 is 0. The molecule has 2 heterocycles. The Bertz CT molecular complexity index is 1370. The van der Waals surface area contributed by atoms with Crippen molar-refractivity contribution in [3.05, 3.63) is 76.6 Å². The van der Waals surface area contributed by atoms with Crippen molar-refractivity contribution in [1.29, 1.82) is 0 Å². The summed E-state index contributed by atoms with van der Waals surface area (Å²) in [6.45, 7) is 1.47. The quantitative estimate of drug-likeness (QED) is 0.475. The Morgan fingerprint density at radius 2 is 1.77 bits per heavy atom. The molecule has 178 valence electrons. The maximum atomic E-state index is 14.4. The maximum absolute atomic E-state index is 14.4. The van der Waals surface area contributed by atoms with Gasteiger partial charge in [0.15, 0.2) is 11.6 Å². The smallest absolute Gasteiger partial charge is 0.253 e. The zero-order valence-corrected chi connectivity index (χ0v) is 19.4. The van der Waals surface area contributed by atoms with Crippen molar-refractivity contribution in [2.24, 2.45) is 5.73 Å². The van der Waals surface area contributed by atoms with E-state index in [4.69, 9.17) is 10.5 Å². The molecule has 0 unspecified atom stereocenters. The fourth-order valence-corrected chi connectivity index (χ4v) is 5.81. The number of carbonyl (C=O) groups excluding carboxylic acids is 2. The van der Waals surface area contributed by atoms with E-state index in [9.17, 15) is 14.0 Å². The van der Waals surface area contributed by atoms with Crippen molar-refractivity contribution in [2.75, 3.05) is 20.2 Å². The number of hydrogen-bond acceptors (Lipinski definition) is 4. The molecule has 0 saturated carbocycles. The van der Waals surface area contributed by atoms with Crippen LogP contribution in [0.2, 0.25) is 0 Å². The molecule has 0 spiro atoms. The molecule has 2 amide bonds. The van der Waals surface area contributed by atoms with Crippen molar-refractivity contribution >= 4 is 11.8 Å². The van der Waals surface area contributed by atoms with Crippen molar-refractivity contribution < 1.29 is 18.7 Å². The standard InChI is InChI=1S/C28H26FN3O3/c1-35-26-7-3-15(12-25(26)29)17-9-22-21-6-2-16(8-18(21)11-23(22)24(10-17)27(30)33)28(34)32-13-19-4-5-20(14-32)31-19/h2-3,6-10,12,19-20,31H,4-5,11,13-14H2,1H3,(H2,30,33)/t19-,20+. The van der Waals surface area contributed by atoms with Crippen LogP contribution in [-0.4, -0.2) is 49.0 Å². The van der Waals surface area contributed by atoms with Gasteiger partial charge in [-0.05, 0) is 89.0 Å². The minimum atomic E-state index is -0.530. The fraction of sp³-hybridized carbons (Fsp3) is 0.286. The van der Waals surface area contributed by atoms with Gasteiger partial charge in [0.05, 0.1) is 7.11 Å². The number of fused-ring (bicyclic) bond motifs is 5. The molecule has 2 fully saturated rings. The highest BCUT2D eigenvalue weighted by Crippen LogP contribution is 2.42. The average Bonchev–Trinajstić information content (AvgIpc) is 3.40. The lowest BCUT2D eigenvalue weighted by molar-refractivity contribution is 0.0697. The number of primary amides is 1. The molecule has 2 atom stereocenters. The second kappa shape index (κ2) is 8.20. The van der Waals surface area contributed by atoms with Gasteiger partial charge in [-0.2, -0.15) is 0 Å². The third kappa shape index (κ3) is 3.67. The normalized spacial score (nSPS) is 19.9. The Morgan fingerprint density at radius 3 is 2.46 bits per heavy atom. The summed E-state index contributed by atoms with van der Waals surface area (Å²) in [7, 11) is 1.42. The van der Waals surface area contributed by atoms with E-state index in [1.165, 1.54) is 13.2 Å². The lowest BCUT2D eigenvalue weighted by Crippen LogP contribution is -2.53. The van der Waals surface area contributed by atoms with E-state index >= 15 is 0 Å². The molecule has 2 bridgehead atoms. The number of rotatable bonds is 4. The van der Waals surface area contributed by atoms with Crippen LogP contribution in [0, 0.1) is 5.82 Å². The lowest BCUT2D eigenvalue weighted by atomic mass is 9.94. The monoisotopic (exact) mass is 471 g/mol. The van der Waals surface area contributed by atoms with Crippen LogP contribution in [0.4, 0.5) is 4.39 Å². The van der Waals surface area contributed by atoms with Gasteiger partial charge in [0.1, 0.15) is 0 Å². The van der Waals surface area contributed by atoms with E-state index in [1.807, 2.05) is 29.2 Å². The fourth-order valence-electron chi connectivity index (χ4n) is 5.81. The summed E-state index contributed by atoms with van der Waals surface area (Å²) < 4.78 is 19.4. The summed E-state index contributed by atoms with van der Waals surface area (Å²) in [5.74, 6) is -0.801. The lowest BCUT2D eigenvalue weighted by Gasteiger charge is -2.33. The summed E-state index contributed by atoms with van der Waals surface area (Å²) in [5, 5.41) is 3.56. The van der Waals surface area contributed by atoms with Crippen molar-refractivity contribution in [3.8, 4) is 28.0 Å². The predicted molar refractivity (Wildman–Crippen MR) is 131 cm³/mol. The highest BCUT2D eigenvalue weighted by Gasteiger charge is 2.35. The number of carbonyl (C=O) groups is 2. The van der Waals surface area contributed by atoms with Crippen LogP contribution in [0.1, 0.15) is 44.7 Å². The molecule has 35 heavy (non-hydrogen) atoms. The Labute approximate surface area is 202 Å². The van der Waals surface area contributed by atoms with E-state index < -0.39 is 11.7 Å². The Morgan fingerprint density at radius 1 is 1.00 bits per heavy atom. The van der Waals surface area contributed by atoms with E-state index in [0.717, 1.165) is 48.2 Å². The number of amides is 2. The number of likely N-dealkylation sites (tertiary alicyclic amines) is 1. The maximum Gasteiger partial charge on any atom is 0.253 e. The number of methoxy groups -OCH3 is 1. The Balaban J connectivity index is 1.37. The largest absolute Gasteiger partial charge is 0.494 e. The molecule has 3 N–H and O–H groups in total. The van der Waals surface area contributed by atoms with Gasteiger partial charge in [-0.25, -0.2) is 4.39 Å². The summed E-state index contributed by atoms with van der Waals surface area (Å²) in [6.07, 6.45) is 2.75. The summed E-state index contributed by atoms with van der Waals surface area (Å²) in [5.41, 5.74) is 11.8. The van der Waals surface area contributed by atoms with Crippen LogP contribution in [0.25, 0.3) is 22.3 Å². The first-order valence-corrected chi connectivity index (χ1v) is 11.9. The number of nitrogens with one attached hydrogen (secondary N) is 1. The van der Waals surface area contributed by atoms with Gasteiger partial charge in [-0.15, -0.1) is 0 Å². The van der Waals surface area contributed by atoms with Gasteiger partial charge in [-0.3, -0.25) is 9.59 Å².